The molecule has 0 aliphatic carbocycles. The van der Waals surface area contributed by atoms with Crippen LogP contribution < -0.4 is 5.32 Å². The largest absolute Gasteiger partial charge is 0.466 e. The molecule has 45 heavy (non-hydrogen) atoms. The van der Waals surface area contributed by atoms with E-state index in [1.54, 1.807) is 0 Å². The molecule has 0 aliphatic heterocycles. The van der Waals surface area contributed by atoms with Gasteiger partial charge in [0.25, 0.3) is 0 Å². The Morgan fingerprint density at radius 2 is 1.33 bits per heavy atom. The van der Waals surface area contributed by atoms with Crippen LogP contribution in [0.4, 0.5) is 5.82 Å². The third-order valence-electron chi connectivity index (χ3n) is 5.29. The van der Waals surface area contributed by atoms with Gasteiger partial charge in [-0.1, -0.05) is 61.9 Å². The number of hydrogen-bond donors (Lipinski definition) is 10. The van der Waals surface area contributed by atoms with Crippen molar-refractivity contribution in [2.75, 3.05) is 25.0 Å². The molecule has 1 aromatic heterocycles. The standard InChI is InChI=1S/C25H31ClN4.3H3O4P/c1-4-30(5-2)17-9-10-19(3)27-25-22-15-14-21(26)18-23(22)28-24(29-25)16-13-20-11-7-6-8-12-20;3*1-5(2,3)4/h6-8,11-16,18-19H,4-5,9-10,17H2,1-3H3,(H,27,28,29);3*(H3,1,2,3,4). The van der Waals surface area contributed by atoms with Gasteiger partial charge in [0, 0.05) is 16.5 Å². The van der Waals surface area contributed by atoms with E-state index in [0.29, 0.717) is 16.9 Å². The van der Waals surface area contributed by atoms with Crippen molar-refractivity contribution in [2.24, 2.45) is 0 Å². The van der Waals surface area contributed by atoms with Gasteiger partial charge in [-0.25, -0.2) is 23.7 Å². The topological polar surface area (TPSA) is 274 Å². The van der Waals surface area contributed by atoms with Crippen molar-refractivity contribution in [1.82, 2.24) is 14.9 Å². The first-order valence-corrected chi connectivity index (χ1v) is 18.2. The summed E-state index contributed by atoms with van der Waals surface area (Å²) in [6.45, 7) is 9.98. The maximum absolute atomic E-state index is 8.88. The molecule has 3 aromatic rings. The number of anilines is 1. The average Bonchev–Trinajstić information content (AvgIpc) is 2.87. The number of nitrogens with zero attached hydrogens (tertiary/aromatic N) is 3. The van der Waals surface area contributed by atoms with Gasteiger partial charge in [-0.2, -0.15) is 0 Å². The molecule has 0 amide bonds. The fourth-order valence-electron chi connectivity index (χ4n) is 3.51. The van der Waals surface area contributed by atoms with Crippen LogP contribution in [0.2, 0.25) is 5.02 Å². The zero-order chi connectivity index (χ0) is 34.8. The van der Waals surface area contributed by atoms with E-state index in [9.17, 15) is 0 Å². The number of halogens is 1. The first-order chi connectivity index (χ1) is 20.6. The molecule has 0 radical (unpaired) electrons. The molecule has 0 bridgehead atoms. The summed E-state index contributed by atoms with van der Waals surface area (Å²) in [5.74, 6) is 1.53. The molecule has 1 atom stereocenters. The Labute approximate surface area is 265 Å². The van der Waals surface area contributed by atoms with Gasteiger partial charge in [0.1, 0.15) is 5.82 Å². The Hall–Kier alpha value is -2.10. The van der Waals surface area contributed by atoms with Crippen LogP contribution in [0.25, 0.3) is 23.1 Å². The Bertz CT molecular complexity index is 1390. The minimum atomic E-state index is -4.64. The fraction of sp³-hybridized carbons (Fsp3) is 0.360. The third-order valence-corrected chi connectivity index (χ3v) is 5.52. The lowest BCUT2D eigenvalue weighted by molar-refractivity contribution is 0.272. The number of hydrogen-bond acceptors (Lipinski definition) is 7. The number of aromatic nitrogens is 2. The van der Waals surface area contributed by atoms with Gasteiger partial charge in [0.05, 0.1) is 5.52 Å². The minimum Gasteiger partial charge on any atom is -0.367 e. The van der Waals surface area contributed by atoms with Crippen molar-refractivity contribution in [1.29, 1.82) is 0 Å². The lowest BCUT2D eigenvalue weighted by Gasteiger charge is -2.20. The molecule has 0 saturated carbocycles. The van der Waals surface area contributed by atoms with Crippen LogP contribution in [0.5, 0.6) is 0 Å². The van der Waals surface area contributed by atoms with Crippen LogP contribution in [-0.4, -0.2) is 84.6 Å². The minimum absolute atomic E-state index is 0.320. The summed E-state index contributed by atoms with van der Waals surface area (Å²) in [5, 5.41) is 5.28. The molecule has 0 fully saturated rings. The molecule has 2 aromatic carbocycles. The van der Waals surface area contributed by atoms with Crippen molar-refractivity contribution in [3.8, 4) is 0 Å². The maximum Gasteiger partial charge on any atom is 0.466 e. The summed E-state index contributed by atoms with van der Waals surface area (Å²) in [5.41, 5.74) is 1.97. The van der Waals surface area contributed by atoms with Crippen LogP contribution in [-0.2, 0) is 13.7 Å². The Morgan fingerprint density at radius 1 is 0.822 bits per heavy atom. The Kier molecular flexibility index (Phi) is 19.9. The van der Waals surface area contributed by atoms with E-state index in [4.69, 9.17) is 79.3 Å². The van der Waals surface area contributed by atoms with Crippen LogP contribution in [0.15, 0.2) is 48.5 Å². The molecule has 254 valence electrons. The van der Waals surface area contributed by atoms with Gasteiger partial charge < -0.3 is 54.3 Å². The highest BCUT2D eigenvalue weighted by atomic mass is 35.5. The van der Waals surface area contributed by atoms with Gasteiger partial charge in [-0.15, -0.1) is 0 Å². The van der Waals surface area contributed by atoms with Crippen molar-refractivity contribution in [3.05, 3.63) is 64.9 Å². The predicted molar refractivity (Wildman–Crippen MR) is 173 cm³/mol. The SMILES string of the molecule is CCN(CC)CCCC(C)Nc1nc(C=Cc2ccccc2)nc2cc(Cl)ccc12.O=P(O)(O)O.O=P(O)(O)O.O=P(O)(O)O. The molecule has 0 aliphatic rings. The zero-order valence-electron chi connectivity index (χ0n) is 24.7. The molecule has 0 spiro atoms. The molecule has 20 heteroatoms. The quantitative estimate of drug-likeness (QED) is 0.134. The molecular weight excluding hydrogens is 677 g/mol. The summed E-state index contributed by atoms with van der Waals surface area (Å²) in [7, 11) is -13.9. The summed E-state index contributed by atoms with van der Waals surface area (Å²) in [4.78, 5) is 76.6. The second-order valence-electron chi connectivity index (χ2n) is 9.09. The molecular formula is C25H40ClN4O12P3. The number of nitrogens with one attached hydrogen (secondary N) is 1. The second-order valence-corrected chi connectivity index (χ2v) is 12.6. The fourth-order valence-corrected chi connectivity index (χ4v) is 3.67. The molecule has 1 heterocycles. The van der Waals surface area contributed by atoms with Crippen molar-refractivity contribution in [2.45, 2.75) is 39.7 Å². The average molecular weight is 717 g/mol. The number of fused-ring (bicyclic) bond motifs is 1. The summed E-state index contributed by atoms with van der Waals surface area (Å²) in [6, 6.07) is 16.3. The first kappa shape index (κ1) is 42.9. The third kappa shape index (κ3) is 26.8. The van der Waals surface area contributed by atoms with E-state index in [1.165, 1.54) is 0 Å². The summed E-state index contributed by atoms with van der Waals surface area (Å²) < 4.78 is 26.6. The van der Waals surface area contributed by atoms with Gasteiger partial charge in [-0.3, -0.25) is 0 Å². The highest BCUT2D eigenvalue weighted by Gasteiger charge is 2.11. The monoisotopic (exact) mass is 716 g/mol. The maximum atomic E-state index is 8.88. The normalized spacial score (nSPS) is 12.4. The number of benzene rings is 2. The van der Waals surface area contributed by atoms with E-state index in [2.05, 4.69) is 43.1 Å². The highest BCUT2D eigenvalue weighted by molar-refractivity contribution is 7.45. The van der Waals surface area contributed by atoms with Crippen molar-refractivity contribution >= 4 is 63.9 Å². The van der Waals surface area contributed by atoms with Gasteiger partial charge in [0.15, 0.2) is 5.82 Å². The van der Waals surface area contributed by atoms with Crippen molar-refractivity contribution < 1.29 is 57.7 Å². The van der Waals surface area contributed by atoms with Crippen LogP contribution >= 0.6 is 35.1 Å². The molecule has 3 rings (SSSR count). The van der Waals surface area contributed by atoms with E-state index in [1.807, 2.05) is 48.6 Å². The van der Waals surface area contributed by atoms with Crippen molar-refractivity contribution in [3.63, 3.8) is 0 Å². The Morgan fingerprint density at radius 3 is 1.82 bits per heavy atom. The van der Waals surface area contributed by atoms with Crippen LogP contribution in [0.3, 0.4) is 0 Å². The smallest absolute Gasteiger partial charge is 0.367 e. The second kappa shape index (κ2) is 20.9. The van der Waals surface area contributed by atoms with E-state index < -0.39 is 23.5 Å². The van der Waals surface area contributed by atoms with Gasteiger partial charge in [0.2, 0.25) is 0 Å². The molecule has 16 nitrogen and oxygen atoms in total. The first-order valence-electron chi connectivity index (χ1n) is 13.1. The zero-order valence-corrected chi connectivity index (χ0v) is 28.1. The lowest BCUT2D eigenvalue weighted by atomic mass is 10.1. The van der Waals surface area contributed by atoms with Gasteiger partial charge in [-0.05, 0) is 69.2 Å². The lowest BCUT2D eigenvalue weighted by Crippen LogP contribution is -2.25. The molecule has 1 unspecified atom stereocenters. The van der Waals surface area contributed by atoms with Gasteiger partial charge >= 0.3 is 23.5 Å². The summed E-state index contributed by atoms with van der Waals surface area (Å²) >= 11 is 6.22. The Balaban J connectivity index is 0.00000107. The van der Waals surface area contributed by atoms with E-state index in [0.717, 1.165) is 54.8 Å². The highest BCUT2D eigenvalue weighted by Crippen LogP contribution is 2.27. The summed E-state index contributed by atoms with van der Waals surface area (Å²) in [6.07, 6.45) is 6.23. The molecule has 0 saturated heterocycles. The number of rotatable bonds is 10. The van der Waals surface area contributed by atoms with E-state index >= 15 is 0 Å². The molecule has 10 N–H and O–H groups in total. The number of phosphoric acid groups is 3. The van der Waals surface area contributed by atoms with E-state index in [-0.39, 0.29) is 0 Å². The van der Waals surface area contributed by atoms with Crippen LogP contribution in [0.1, 0.15) is 45.0 Å². The predicted octanol–water partition coefficient (Wildman–Crippen LogP) is 3.59. The van der Waals surface area contributed by atoms with Crippen LogP contribution in [0, 0.1) is 0 Å².